The fourth-order valence-corrected chi connectivity index (χ4v) is 3.07. The van der Waals surface area contributed by atoms with Crippen LogP contribution in [-0.2, 0) is 15.7 Å². The van der Waals surface area contributed by atoms with Gasteiger partial charge in [0.25, 0.3) is 0 Å². The Hall–Kier alpha value is -1.84. The van der Waals surface area contributed by atoms with E-state index in [9.17, 15) is 0 Å². The van der Waals surface area contributed by atoms with Gasteiger partial charge >= 0.3 is 7.12 Å². The highest BCUT2D eigenvalue weighted by molar-refractivity contribution is 6.56. The molecule has 0 bridgehead atoms. The molecule has 0 saturated carbocycles. The predicted octanol–water partition coefficient (Wildman–Crippen LogP) is 5.33. The van der Waals surface area contributed by atoms with Crippen LogP contribution in [0.1, 0.15) is 45.7 Å². The molecule has 3 rings (SSSR count). The third-order valence-electron chi connectivity index (χ3n) is 5.46. The molecule has 0 aromatic heterocycles. The average molecular weight is 334 g/mol. The maximum absolute atomic E-state index is 6.36. The molecule has 0 aliphatic carbocycles. The Balaban J connectivity index is 2.01. The van der Waals surface area contributed by atoms with E-state index in [-0.39, 0.29) is 18.3 Å². The molecule has 0 atom stereocenters. The molecule has 2 aromatic carbocycles. The molecule has 0 amide bonds. The van der Waals surface area contributed by atoms with E-state index in [4.69, 9.17) is 9.31 Å². The van der Waals surface area contributed by atoms with E-state index in [0.717, 1.165) is 6.42 Å². The molecule has 0 spiro atoms. The molecule has 0 N–H and O–H groups in total. The molecule has 2 aromatic rings. The van der Waals surface area contributed by atoms with Gasteiger partial charge in [-0.1, -0.05) is 60.7 Å². The lowest BCUT2D eigenvalue weighted by molar-refractivity contribution is 0.00578. The summed E-state index contributed by atoms with van der Waals surface area (Å²) >= 11 is 0. The molecule has 3 heteroatoms. The number of rotatable bonds is 4. The molecule has 1 heterocycles. The van der Waals surface area contributed by atoms with Crippen LogP contribution in [0.4, 0.5) is 0 Å². The number of hydrogen-bond donors (Lipinski definition) is 0. The third-order valence-corrected chi connectivity index (χ3v) is 5.46. The van der Waals surface area contributed by atoms with Crippen LogP contribution in [0.2, 0.25) is 0 Å². The van der Waals surface area contributed by atoms with E-state index in [1.165, 1.54) is 22.2 Å². The van der Waals surface area contributed by atoms with Crippen molar-refractivity contribution in [3.8, 4) is 0 Å². The molecule has 0 unspecified atom stereocenters. The Morgan fingerprint density at radius 3 is 1.80 bits per heavy atom. The van der Waals surface area contributed by atoms with Crippen LogP contribution in [0, 0.1) is 0 Å². The van der Waals surface area contributed by atoms with E-state index in [1.807, 2.05) is 12.1 Å². The van der Waals surface area contributed by atoms with Crippen molar-refractivity contribution < 1.29 is 9.31 Å². The largest absolute Gasteiger partial charge is 0.491 e. The van der Waals surface area contributed by atoms with Crippen LogP contribution in [0.25, 0.3) is 5.57 Å². The van der Waals surface area contributed by atoms with Gasteiger partial charge in [0.1, 0.15) is 0 Å². The molecule has 1 saturated heterocycles. The van der Waals surface area contributed by atoms with Crippen molar-refractivity contribution in [1.82, 2.24) is 0 Å². The van der Waals surface area contributed by atoms with Crippen LogP contribution in [-0.4, -0.2) is 18.3 Å². The minimum Gasteiger partial charge on any atom is -0.400 e. The lowest BCUT2D eigenvalue weighted by Gasteiger charge is -2.32. The Labute approximate surface area is 152 Å². The molecular weight excluding hydrogens is 307 g/mol. The second kappa shape index (κ2) is 6.82. The topological polar surface area (TPSA) is 18.5 Å². The normalized spacial score (nSPS) is 19.6. The fourth-order valence-electron chi connectivity index (χ4n) is 3.07. The maximum atomic E-state index is 6.36. The fraction of sp³-hybridized carbons (Fsp3) is 0.364. The second-order valence-electron chi connectivity index (χ2n) is 7.77. The van der Waals surface area contributed by atoms with E-state index in [1.54, 1.807) is 0 Å². The highest BCUT2D eigenvalue weighted by Gasteiger charge is 2.52. The summed E-state index contributed by atoms with van der Waals surface area (Å²) in [6, 6.07) is 21.0. The predicted molar refractivity (Wildman–Crippen MR) is 105 cm³/mol. The summed E-state index contributed by atoms with van der Waals surface area (Å²) in [4.78, 5) is 0. The van der Waals surface area contributed by atoms with Crippen molar-refractivity contribution >= 4 is 12.7 Å². The quantitative estimate of drug-likeness (QED) is 0.703. The molecule has 1 fully saturated rings. The summed E-state index contributed by atoms with van der Waals surface area (Å²) in [5.41, 5.74) is 4.22. The summed E-state index contributed by atoms with van der Waals surface area (Å²) in [5.74, 6) is 0. The van der Waals surface area contributed by atoms with Crippen LogP contribution in [0.5, 0.6) is 0 Å². The molecule has 130 valence electrons. The Morgan fingerprint density at radius 2 is 1.28 bits per heavy atom. The molecule has 1 aliphatic rings. The summed E-state index contributed by atoms with van der Waals surface area (Å²) in [6.07, 6.45) is 0.818. The zero-order valence-electron chi connectivity index (χ0n) is 15.9. The van der Waals surface area contributed by atoms with Gasteiger partial charge in [-0.2, -0.15) is 0 Å². The van der Waals surface area contributed by atoms with E-state index in [0.29, 0.717) is 0 Å². The van der Waals surface area contributed by atoms with Crippen LogP contribution >= 0.6 is 0 Å². The zero-order valence-corrected chi connectivity index (χ0v) is 15.9. The van der Waals surface area contributed by atoms with Crippen molar-refractivity contribution in [3.63, 3.8) is 0 Å². The van der Waals surface area contributed by atoms with Crippen LogP contribution < -0.4 is 0 Å². The second-order valence-corrected chi connectivity index (χ2v) is 7.77. The van der Waals surface area contributed by atoms with Gasteiger partial charge in [0.05, 0.1) is 11.2 Å². The molecule has 25 heavy (non-hydrogen) atoms. The minimum absolute atomic E-state index is 0.328. The summed E-state index contributed by atoms with van der Waals surface area (Å²) in [5, 5.41) is 0. The van der Waals surface area contributed by atoms with Crippen molar-refractivity contribution in [2.45, 2.75) is 52.2 Å². The molecule has 2 nitrogen and oxygen atoms in total. The van der Waals surface area contributed by atoms with Crippen molar-refractivity contribution in [2.24, 2.45) is 0 Å². The lowest BCUT2D eigenvalue weighted by atomic mass is 9.71. The summed E-state index contributed by atoms with van der Waals surface area (Å²) < 4.78 is 12.7. The summed E-state index contributed by atoms with van der Waals surface area (Å²) in [6.45, 7) is 10.6. The smallest absolute Gasteiger partial charge is 0.400 e. The Bertz CT molecular complexity index is 732. The Kier molecular flexibility index (Phi) is 4.90. The molecular formula is C22H27BO2. The lowest BCUT2D eigenvalue weighted by Crippen LogP contribution is -2.41. The van der Waals surface area contributed by atoms with Crippen LogP contribution in [0.3, 0.4) is 0 Å². The first kappa shape index (κ1) is 18.0. The van der Waals surface area contributed by atoms with E-state index < -0.39 is 0 Å². The average Bonchev–Trinajstić information content (AvgIpc) is 2.81. The number of benzene rings is 2. The monoisotopic (exact) mass is 334 g/mol. The maximum Gasteiger partial charge on any atom is 0.491 e. The molecule has 1 aliphatic heterocycles. The Morgan fingerprint density at radius 1 is 0.800 bits per heavy atom. The first-order chi connectivity index (χ1) is 11.8. The standard InChI is InChI=1S/C22H27BO2/c1-17(19-14-10-7-11-15-19)20(16-18-12-8-6-9-13-18)23-24-21(2,3)22(4,5)25-23/h6-15H,16H2,1-5H3/b20-17-. The number of allylic oxidation sites excluding steroid dienone is 2. The van der Waals surface area contributed by atoms with Gasteiger partial charge in [-0.15, -0.1) is 0 Å². The third kappa shape index (κ3) is 3.73. The van der Waals surface area contributed by atoms with Gasteiger partial charge < -0.3 is 9.31 Å². The van der Waals surface area contributed by atoms with Gasteiger partial charge in [-0.25, -0.2) is 0 Å². The first-order valence-corrected chi connectivity index (χ1v) is 8.95. The minimum atomic E-state index is -0.337. The zero-order chi connectivity index (χ0) is 18.1. The first-order valence-electron chi connectivity index (χ1n) is 8.95. The highest BCUT2D eigenvalue weighted by Crippen LogP contribution is 2.40. The number of hydrogen-bond acceptors (Lipinski definition) is 2. The van der Waals surface area contributed by atoms with Crippen molar-refractivity contribution in [1.29, 1.82) is 0 Å². The van der Waals surface area contributed by atoms with E-state index in [2.05, 4.69) is 83.1 Å². The summed E-state index contributed by atoms with van der Waals surface area (Å²) in [7, 11) is -0.328. The molecule has 0 radical (unpaired) electrons. The van der Waals surface area contributed by atoms with Crippen molar-refractivity contribution in [2.75, 3.05) is 0 Å². The van der Waals surface area contributed by atoms with Gasteiger partial charge in [-0.3, -0.25) is 0 Å². The van der Waals surface area contributed by atoms with E-state index >= 15 is 0 Å². The van der Waals surface area contributed by atoms with Gasteiger partial charge in [-0.05, 0) is 63.2 Å². The van der Waals surface area contributed by atoms with Gasteiger partial charge in [0.2, 0.25) is 0 Å². The van der Waals surface area contributed by atoms with Gasteiger partial charge in [0.15, 0.2) is 0 Å². The SMILES string of the molecule is C/C(=C(\Cc1ccccc1)B1OC(C)(C)C(C)(C)O1)c1ccccc1. The highest BCUT2D eigenvalue weighted by atomic mass is 16.7. The van der Waals surface area contributed by atoms with Crippen LogP contribution in [0.15, 0.2) is 66.1 Å². The van der Waals surface area contributed by atoms with Crippen molar-refractivity contribution in [3.05, 3.63) is 77.3 Å². The van der Waals surface area contributed by atoms with Gasteiger partial charge in [0, 0.05) is 0 Å².